The number of carbonyl (C=O) groups excluding carboxylic acids is 1. The maximum absolute atomic E-state index is 13.3. The van der Waals surface area contributed by atoms with Gasteiger partial charge in [0.2, 0.25) is 0 Å². The molecule has 1 aromatic rings. The Morgan fingerprint density at radius 2 is 2.27 bits per heavy atom. The highest BCUT2D eigenvalue weighted by atomic mass is 79.9. The predicted octanol–water partition coefficient (Wildman–Crippen LogP) is 3.47. The van der Waals surface area contributed by atoms with Gasteiger partial charge in [-0.15, -0.1) is 0 Å². The Balaban J connectivity index is 2.86. The van der Waals surface area contributed by atoms with Crippen LogP contribution in [0.15, 0.2) is 16.6 Å². The minimum atomic E-state index is -0.655. The van der Waals surface area contributed by atoms with Gasteiger partial charge in [0.15, 0.2) is 0 Å². The van der Waals surface area contributed by atoms with Gasteiger partial charge < -0.3 is 4.74 Å². The smallest absolute Gasteiger partial charge is 0.411 e. The molecule has 0 spiro atoms. The molecule has 1 rings (SSSR count). The fraction of sp³-hybridized carbons (Fsp3) is 0.300. The molecule has 0 aliphatic carbocycles. The number of ether oxygens (including phenoxy) is 1. The van der Waals surface area contributed by atoms with E-state index in [1.54, 1.807) is 13.8 Å². The summed E-state index contributed by atoms with van der Waals surface area (Å²) in [5.74, 6) is -0.500. The van der Waals surface area contributed by atoms with Crippen LogP contribution >= 0.6 is 15.9 Å². The number of anilines is 1. The predicted molar refractivity (Wildman–Crippen MR) is 59.5 cm³/mol. The molecular formula is C10H11BrFNO2. The average molecular weight is 276 g/mol. The van der Waals surface area contributed by atoms with Crippen LogP contribution in [0.3, 0.4) is 0 Å². The third-order valence-electron chi connectivity index (χ3n) is 1.76. The van der Waals surface area contributed by atoms with Gasteiger partial charge in [-0.3, -0.25) is 5.32 Å². The average Bonchev–Trinajstić information content (AvgIpc) is 2.14. The van der Waals surface area contributed by atoms with Crippen LogP contribution in [0.4, 0.5) is 14.9 Å². The lowest BCUT2D eigenvalue weighted by Gasteiger charge is -2.08. The highest BCUT2D eigenvalue weighted by molar-refractivity contribution is 9.10. The Hall–Kier alpha value is -1.10. The van der Waals surface area contributed by atoms with Gasteiger partial charge in [-0.1, -0.05) is 15.9 Å². The standard InChI is InChI=1S/C10H11BrFNO2/c1-3-15-10(14)13-9-4-6(2)7(11)5-8(9)12/h4-5H,3H2,1-2H3,(H,13,14). The summed E-state index contributed by atoms with van der Waals surface area (Å²) < 4.78 is 18.6. The lowest BCUT2D eigenvalue weighted by molar-refractivity contribution is 0.168. The van der Waals surface area contributed by atoms with Gasteiger partial charge in [-0.25, -0.2) is 9.18 Å². The Morgan fingerprint density at radius 1 is 1.60 bits per heavy atom. The van der Waals surface area contributed by atoms with E-state index in [0.29, 0.717) is 4.47 Å². The van der Waals surface area contributed by atoms with Gasteiger partial charge in [0, 0.05) is 4.47 Å². The van der Waals surface area contributed by atoms with Crippen molar-refractivity contribution in [1.29, 1.82) is 0 Å². The normalized spacial score (nSPS) is 9.87. The van der Waals surface area contributed by atoms with Crippen molar-refractivity contribution in [3.63, 3.8) is 0 Å². The first-order chi connectivity index (χ1) is 7.04. The summed E-state index contributed by atoms with van der Waals surface area (Å²) in [5, 5.41) is 2.32. The minimum Gasteiger partial charge on any atom is -0.450 e. The lowest BCUT2D eigenvalue weighted by atomic mass is 10.2. The monoisotopic (exact) mass is 275 g/mol. The molecular weight excluding hydrogens is 265 g/mol. The first-order valence-electron chi connectivity index (χ1n) is 4.44. The molecule has 5 heteroatoms. The highest BCUT2D eigenvalue weighted by Gasteiger charge is 2.09. The fourth-order valence-electron chi connectivity index (χ4n) is 1.03. The second-order valence-corrected chi connectivity index (χ2v) is 3.78. The van der Waals surface area contributed by atoms with E-state index in [9.17, 15) is 9.18 Å². The van der Waals surface area contributed by atoms with Crippen molar-refractivity contribution < 1.29 is 13.9 Å². The number of amides is 1. The van der Waals surface area contributed by atoms with Crippen LogP contribution in [0.2, 0.25) is 0 Å². The summed E-state index contributed by atoms with van der Waals surface area (Å²) in [4.78, 5) is 11.0. The molecule has 15 heavy (non-hydrogen) atoms. The first kappa shape index (κ1) is 12.0. The molecule has 0 radical (unpaired) electrons. The minimum absolute atomic E-state index is 0.120. The molecule has 1 N–H and O–H groups in total. The van der Waals surface area contributed by atoms with Crippen molar-refractivity contribution in [1.82, 2.24) is 0 Å². The van der Waals surface area contributed by atoms with Gasteiger partial charge in [0.05, 0.1) is 12.3 Å². The SMILES string of the molecule is CCOC(=O)Nc1cc(C)c(Br)cc1F. The molecule has 0 aliphatic rings. The molecule has 0 fully saturated rings. The summed E-state index contributed by atoms with van der Waals surface area (Å²) in [5.41, 5.74) is 0.956. The first-order valence-corrected chi connectivity index (χ1v) is 5.23. The molecule has 0 saturated heterocycles. The largest absolute Gasteiger partial charge is 0.450 e. The van der Waals surface area contributed by atoms with Crippen LogP contribution < -0.4 is 5.32 Å². The van der Waals surface area contributed by atoms with E-state index in [0.717, 1.165) is 5.56 Å². The maximum Gasteiger partial charge on any atom is 0.411 e. The Labute approximate surface area is 95.7 Å². The zero-order valence-electron chi connectivity index (χ0n) is 8.43. The van der Waals surface area contributed by atoms with Gasteiger partial charge in [-0.05, 0) is 31.5 Å². The van der Waals surface area contributed by atoms with Crippen molar-refractivity contribution in [2.24, 2.45) is 0 Å². The van der Waals surface area contributed by atoms with E-state index < -0.39 is 11.9 Å². The number of benzene rings is 1. The molecule has 3 nitrogen and oxygen atoms in total. The van der Waals surface area contributed by atoms with Crippen LogP contribution in [-0.2, 0) is 4.74 Å². The number of hydrogen-bond acceptors (Lipinski definition) is 2. The fourth-order valence-corrected chi connectivity index (χ4v) is 1.35. The maximum atomic E-state index is 13.3. The molecule has 0 bridgehead atoms. The topological polar surface area (TPSA) is 38.3 Å². The van der Waals surface area contributed by atoms with Crippen LogP contribution in [0.1, 0.15) is 12.5 Å². The van der Waals surface area contributed by atoms with Crippen molar-refractivity contribution in [3.05, 3.63) is 28.0 Å². The quantitative estimate of drug-likeness (QED) is 0.898. The van der Waals surface area contributed by atoms with Crippen LogP contribution in [0.25, 0.3) is 0 Å². The van der Waals surface area contributed by atoms with Crippen molar-refractivity contribution in [2.75, 3.05) is 11.9 Å². The summed E-state index contributed by atoms with van der Waals surface area (Å²) in [6.07, 6.45) is -0.655. The van der Waals surface area contributed by atoms with Crippen molar-refractivity contribution in [3.8, 4) is 0 Å². The van der Waals surface area contributed by atoms with Gasteiger partial charge in [-0.2, -0.15) is 0 Å². The van der Waals surface area contributed by atoms with E-state index in [-0.39, 0.29) is 12.3 Å². The lowest BCUT2D eigenvalue weighted by Crippen LogP contribution is -2.14. The Bertz CT molecular complexity index is 382. The number of carbonyl (C=O) groups is 1. The van der Waals surface area contributed by atoms with E-state index >= 15 is 0 Å². The van der Waals surface area contributed by atoms with E-state index in [1.165, 1.54) is 12.1 Å². The second-order valence-electron chi connectivity index (χ2n) is 2.93. The van der Waals surface area contributed by atoms with E-state index in [2.05, 4.69) is 26.0 Å². The van der Waals surface area contributed by atoms with Gasteiger partial charge >= 0.3 is 6.09 Å². The number of aryl methyl sites for hydroxylation is 1. The Kier molecular flexibility index (Phi) is 4.08. The van der Waals surface area contributed by atoms with E-state index in [4.69, 9.17) is 0 Å². The molecule has 0 heterocycles. The number of hydrogen-bond donors (Lipinski definition) is 1. The van der Waals surface area contributed by atoms with Crippen LogP contribution in [-0.4, -0.2) is 12.7 Å². The number of nitrogens with one attached hydrogen (secondary N) is 1. The van der Waals surface area contributed by atoms with Crippen LogP contribution in [0, 0.1) is 12.7 Å². The number of rotatable bonds is 2. The molecule has 1 amide bonds. The third kappa shape index (κ3) is 3.20. The molecule has 0 atom stereocenters. The van der Waals surface area contributed by atoms with Crippen molar-refractivity contribution in [2.45, 2.75) is 13.8 Å². The summed E-state index contributed by atoms with van der Waals surface area (Å²) in [6.45, 7) is 3.74. The Morgan fingerprint density at radius 3 is 2.87 bits per heavy atom. The molecule has 82 valence electrons. The number of halogens is 2. The van der Waals surface area contributed by atoms with Gasteiger partial charge in [0.1, 0.15) is 5.82 Å². The molecule has 1 aromatic carbocycles. The molecule has 0 saturated carbocycles. The van der Waals surface area contributed by atoms with Gasteiger partial charge in [0.25, 0.3) is 0 Å². The zero-order valence-corrected chi connectivity index (χ0v) is 10.0. The molecule has 0 aromatic heterocycles. The third-order valence-corrected chi connectivity index (χ3v) is 2.61. The molecule has 0 aliphatic heterocycles. The van der Waals surface area contributed by atoms with E-state index in [1.807, 2.05) is 0 Å². The highest BCUT2D eigenvalue weighted by Crippen LogP contribution is 2.23. The summed E-state index contributed by atoms with van der Waals surface area (Å²) in [7, 11) is 0. The second kappa shape index (κ2) is 5.11. The van der Waals surface area contributed by atoms with Crippen LogP contribution in [0.5, 0.6) is 0 Å². The zero-order chi connectivity index (χ0) is 11.4. The molecule has 0 unspecified atom stereocenters. The van der Waals surface area contributed by atoms with Crippen molar-refractivity contribution >= 4 is 27.7 Å². The summed E-state index contributed by atoms with van der Waals surface area (Å²) in [6, 6.07) is 2.84. The summed E-state index contributed by atoms with van der Waals surface area (Å²) >= 11 is 3.19.